The molecule has 0 amide bonds. The van der Waals surface area contributed by atoms with Crippen LogP contribution in [0.2, 0.25) is 0 Å². The Morgan fingerprint density at radius 1 is 1.20 bits per heavy atom. The first-order valence-corrected chi connectivity index (χ1v) is 6.81. The standard InChI is InChI=1S/C16H17NO3/c18-16(19)15-6-2-1-4-12(15)10-17(13-7-8-13)11-14-5-3-9-20-14/h1-6,9,13H,7-8,10-11H2,(H,18,19). The van der Waals surface area contributed by atoms with Gasteiger partial charge in [0, 0.05) is 12.6 Å². The van der Waals surface area contributed by atoms with Crippen LogP contribution in [0.4, 0.5) is 0 Å². The highest BCUT2D eigenvalue weighted by atomic mass is 16.4. The van der Waals surface area contributed by atoms with Crippen LogP contribution in [0.25, 0.3) is 0 Å². The van der Waals surface area contributed by atoms with Crippen LogP contribution < -0.4 is 0 Å². The minimum absolute atomic E-state index is 0.387. The van der Waals surface area contributed by atoms with Crippen LogP contribution in [0.15, 0.2) is 47.1 Å². The van der Waals surface area contributed by atoms with E-state index in [1.54, 1.807) is 18.4 Å². The van der Waals surface area contributed by atoms with E-state index in [2.05, 4.69) is 4.90 Å². The molecule has 0 atom stereocenters. The van der Waals surface area contributed by atoms with Crippen LogP contribution in [0.3, 0.4) is 0 Å². The van der Waals surface area contributed by atoms with E-state index in [1.807, 2.05) is 24.3 Å². The lowest BCUT2D eigenvalue weighted by atomic mass is 10.1. The number of furan rings is 1. The third-order valence-corrected chi connectivity index (χ3v) is 3.62. The fourth-order valence-electron chi connectivity index (χ4n) is 2.44. The van der Waals surface area contributed by atoms with Gasteiger partial charge in [-0.05, 0) is 36.6 Å². The number of aromatic carboxylic acids is 1. The lowest BCUT2D eigenvalue weighted by Gasteiger charge is -2.21. The summed E-state index contributed by atoms with van der Waals surface area (Å²) in [5.74, 6) is 0.0547. The van der Waals surface area contributed by atoms with E-state index in [1.165, 1.54) is 12.8 Å². The molecule has 20 heavy (non-hydrogen) atoms. The number of nitrogens with zero attached hydrogens (tertiary/aromatic N) is 1. The Hall–Kier alpha value is -2.07. The monoisotopic (exact) mass is 271 g/mol. The minimum atomic E-state index is -0.866. The first kappa shape index (κ1) is 12.9. The first-order chi connectivity index (χ1) is 9.74. The van der Waals surface area contributed by atoms with Crippen molar-refractivity contribution in [3.05, 3.63) is 59.5 Å². The molecule has 2 aromatic rings. The zero-order chi connectivity index (χ0) is 13.9. The van der Waals surface area contributed by atoms with Crippen molar-refractivity contribution in [3.8, 4) is 0 Å². The lowest BCUT2D eigenvalue weighted by Crippen LogP contribution is -2.25. The summed E-state index contributed by atoms with van der Waals surface area (Å²) >= 11 is 0. The van der Waals surface area contributed by atoms with Crippen molar-refractivity contribution in [2.24, 2.45) is 0 Å². The van der Waals surface area contributed by atoms with Crippen molar-refractivity contribution in [2.75, 3.05) is 0 Å². The van der Waals surface area contributed by atoms with E-state index < -0.39 is 5.97 Å². The summed E-state index contributed by atoms with van der Waals surface area (Å²) in [5, 5.41) is 9.25. The Morgan fingerprint density at radius 2 is 2.00 bits per heavy atom. The van der Waals surface area contributed by atoms with Gasteiger partial charge < -0.3 is 9.52 Å². The molecule has 1 N–H and O–H groups in total. The zero-order valence-electron chi connectivity index (χ0n) is 11.2. The number of rotatable bonds is 6. The summed E-state index contributed by atoms with van der Waals surface area (Å²) in [7, 11) is 0. The van der Waals surface area contributed by atoms with Crippen molar-refractivity contribution in [1.82, 2.24) is 4.90 Å². The second-order valence-corrected chi connectivity index (χ2v) is 5.18. The van der Waals surface area contributed by atoms with Crippen LogP contribution in [0, 0.1) is 0 Å². The maximum absolute atomic E-state index is 11.3. The maximum Gasteiger partial charge on any atom is 0.336 e. The Balaban J connectivity index is 1.78. The fraction of sp³-hybridized carbons (Fsp3) is 0.312. The van der Waals surface area contributed by atoms with E-state index in [0.717, 1.165) is 17.9 Å². The molecule has 1 heterocycles. The summed E-state index contributed by atoms with van der Waals surface area (Å²) in [6, 6.07) is 11.6. The van der Waals surface area contributed by atoms with Crippen LogP contribution in [-0.2, 0) is 13.1 Å². The van der Waals surface area contributed by atoms with Crippen LogP contribution in [0.1, 0.15) is 34.5 Å². The van der Waals surface area contributed by atoms with Gasteiger partial charge in [-0.1, -0.05) is 18.2 Å². The Kier molecular flexibility index (Phi) is 3.56. The van der Waals surface area contributed by atoms with Gasteiger partial charge in [-0.3, -0.25) is 4.90 Å². The first-order valence-electron chi connectivity index (χ1n) is 6.81. The zero-order valence-corrected chi connectivity index (χ0v) is 11.2. The van der Waals surface area contributed by atoms with Gasteiger partial charge in [0.05, 0.1) is 18.4 Å². The molecule has 1 aromatic carbocycles. The summed E-state index contributed by atoms with van der Waals surface area (Å²) < 4.78 is 5.40. The van der Waals surface area contributed by atoms with E-state index in [-0.39, 0.29) is 0 Å². The van der Waals surface area contributed by atoms with E-state index in [0.29, 0.717) is 18.2 Å². The highest BCUT2D eigenvalue weighted by molar-refractivity contribution is 5.89. The normalized spacial score (nSPS) is 14.7. The largest absolute Gasteiger partial charge is 0.478 e. The topological polar surface area (TPSA) is 53.7 Å². The average Bonchev–Trinajstić information content (AvgIpc) is 3.17. The van der Waals surface area contributed by atoms with Gasteiger partial charge in [0.25, 0.3) is 0 Å². The summed E-state index contributed by atoms with van der Waals surface area (Å²) in [6.07, 6.45) is 4.03. The van der Waals surface area contributed by atoms with Crippen molar-refractivity contribution >= 4 is 5.97 Å². The second kappa shape index (κ2) is 5.51. The highest BCUT2D eigenvalue weighted by Gasteiger charge is 2.30. The highest BCUT2D eigenvalue weighted by Crippen LogP contribution is 2.30. The second-order valence-electron chi connectivity index (χ2n) is 5.18. The molecule has 0 unspecified atom stereocenters. The van der Waals surface area contributed by atoms with Gasteiger partial charge in [-0.25, -0.2) is 4.79 Å². The molecule has 0 spiro atoms. The van der Waals surface area contributed by atoms with Crippen LogP contribution in [0.5, 0.6) is 0 Å². The third-order valence-electron chi connectivity index (χ3n) is 3.62. The number of carbonyl (C=O) groups is 1. The predicted octanol–water partition coefficient (Wildman–Crippen LogP) is 3.14. The molecule has 4 heteroatoms. The molecule has 1 aromatic heterocycles. The van der Waals surface area contributed by atoms with Gasteiger partial charge in [0.1, 0.15) is 5.76 Å². The van der Waals surface area contributed by atoms with Gasteiger partial charge in [0.15, 0.2) is 0 Å². The molecular weight excluding hydrogens is 254 g/mol. The van der Waals surface area contributed by atoms with Gasteiger partial charge in [-0.15, -0.1) is 0 Å². The Morgan fingerprint density at radius 3 is 2.65 bits per heavy atom. The molecule has 1 saturated carbocycles. The van der Waals surface area contributed by atoms with E-state index in [9.17, 15) is 9.90 Å². The van der Waals surface area contributed by atoms with Crippen LogP contribution >= 0.6 is 0 Å². The molecule has 1 fully saturated rings. The molecule has 3 rings (SSSR count). The minimum Gasteiger partial charge on any atom is -0.478 e. The van der Waals surface area contributed by atoms with Gasteiger partial charge in [0.2, 0.25) is 0 Å². The molecule has 0 aliphatic heterocycles. The van der Waals surface area contributed by atoms with Crippen molar-refractivity contribution in [3.63, 3.8) is 0 Å². The Labute approximate surface area is 117 Å². The number of carboxylic acid groups (broad SMARTS) is 1. The molecule has 4 nitrogen and oxygen atoms in total. The SMILES string of the molecule is O=C(O)c1ccccc1CN(Cc1ccco1)C1CC1. The molecule has 0 saturated heterocycles. The molecule has 0 bridgehead atoms. The fourth-order valence-corrected chi connectivity index (χ4v) is 2.44. The van der Waals surface area contributed by atoms with Gasteiger partial charge in [-0.2, -0.15) is 0 Å². The van der Waals surface area contributed by atoms with Crippen molar-refractivity contribution in [2.45, 2.75) is 32.0 Å². The maximum atomic E-state index is 11.3. The van der Waals surface area contributed by atoms with Crippen molar-refractivity contribution in [1.29, 1.82) is 0 Å². The average molecular weight is 271 g/mol. The molecule has 104 valence electrons. The number of hydrogen-bond donors (Lipinski definition) is 1. The predicted molar refractivity (Wildman–Crippen MR) is 74.4 cm³/mol. The number of carboxylic acids is 1. The van der Waals surface area contributed by atoms with Crippen molar-refractivity contribution < 1.29 is 14.3 Å². The Bertz CT molecular complexity index is 588. The van der Waals surface area contributed by atoms with Gasteiger partial charge >= 0.3 is 5.97 Å². The number of hydrogen-bond acceptors (Lipinski definition) is 3. The van der Waals surface area contributed by atoms with E-state index >= 15 is 0 Å². The third kappa shape index (κ3) is 2.91. The van der Waals surface area contributed by atoms with E-state index in [4.69, 9.17) is 4.42 Å². The smallest absolute Gasteiger partial charge is 0.336 e. The molecule has 1 aliphatic carbocycles. The summed E-state index contributed by atoms with van der Waals surface area (Å²) in [5.41, 5.74) is 1.25. The molecule has 0 radical (unpaired) electrons. The molecule has 1 aliphatic rings. The quantitative estimate of drug-likeness (QED) is 0.877. The summed E-state index contributed by atoms with van der Waals surface area (Å²) in [6.45, 7) is 1.37. The van der Waals surface area contributed by atoms with Crippen LogP contribution in [-0.4, -0.2) is 22.0 Å². The lowest BCUT2D eigenvalue weighted by molar-refractivity contribution is 0.0694. The molecular formula is C16H17NO3. The summed E-state index contributed by atoms with van der Waals surface area (Å²) in [4.78, 5) is 13.6. The number of benzene rings is 1.